The van der Waals surface area contributed by atoms with Gasteiger partial charge in [-0.25, -0.2) is 4.98 Å². The summed E-state index contributed by atoms with van der Waals surface area (Å²) < 4.78 is 1.93. The Hall–Kier alpha value is -1.85. The maximum absolute atomic E-state index is 12.7. The molecule has 6 heteroatoms. The summed E-state index contributed by atoms with van der Waals surface area (Å²) in [6.07, 6.45) is 4.25. The van der Waals surface area contributed by atoms with Gasteiger partial charge in [0.2, 0.25) is 11.8 Å². The third kappa shape index (κ3) is 2.80. The Morgan fingerprint density at radius 2 is 2.05 bits per heavy atom. The van der Waals surface area contributed by atoms with Crippen molar-refractivity contribution in [2.45, 2.75) is 45.7 Å². The first-order chi connectivity index (χ1) is 9.75. The topological polar surface area (TPSA) is 67.2 Å². The van der Waals surface area contributed by atoms with Crippen LogP contribution in [0.3, 0.4) is 0 Å². The summed E-state index contributed by atoms with van der Waals surface area (Å²) in [5.74, 6) is 0.878. The van der Waals surface area contributed by atoms with Gasteiger partial charge in [-0.1, -0.05) is 13.8 Å². The van der Waals surface area contributed by atoms with Crippen LogP contribution in [0.4, 0.5) is 0 Å². The minimum absolute atomic E-state index is 0.0104. The SMILES string of the molecule is CC(C)C1NC(=O)C(C)(C)N(CCc2nccn2C)C1=O. The summed E-state index contributed by atoms with van der Waals surface area (Å²) in [6.45, 7) is 7.95. The number of aryl methyl sites for hydroxylation is 1. The molecule has 1 atom stereocenters. The van der Waals surface area contributed by atoms with Crippen LogP contribution in [-0.4, -0.2) is 44.4 Å². The summed E-state index contributed by atoms with van der Waals surface area (Å²) in [6, 6.07) is -0.438. The lowest BCUT2D eigenvalue weighted by Crippen LogP contribution is -2.69. The molecule has 2 rings (SSSR count). The number of nitrogens with zero attached hydrogens (tertiary/aromatic N) is 3. The predicted octanol–water partition coefficient (Wildman–Crippen LogP) is 0.724. The molecule has 1 aromatic heterocycles. The number of amides is 2. The monoisotopic (exact) mass is 292 g/mol. The summed E-state index contributed by atoms with van der Waals surface area (Å²) >= 11 is 0. The highest BCUT2D eigenvalue weighted by molar-refractivity contribution is 5.99. The molecule has 0 aromatic carbocycles. The molecule has 1 aliphatic heterocycles. The average molecular weight is 292 g/mol. The van der Waals surface area contributed by atoms with Gasteiger partial charge in [0, 0.05) is 32.4 Å². The minimum atomic E-state index is -0.826. The highest BCUT2D eigenvalue weighted by Crippen LogP contribution is 2.24. The molecule has 1 N–H and O–H groups in total. The molecule has 1 aliphatic rings. The van der Waals surface area contributed by atoms with E-state index in [4.69, 9.17) is 0 Å². The van der Waals surface area contributed by atoms with E-state index in [-0.39, 0.29) is 17.7 Å². The van der Waals surface area contributed by atoms with E-state index in [1.807, 2.05) is 31.7 Å². The number of hydrogen-bond donors (Lipinski definition) is 1. The second kappa shape index (κ2) is 5.50. The van der Waals surface area contributed by atoms with Crippen LogP contribution in [0.1, 0.15) is 33.5 Å². The smallest absolute Gasteiger partial charge is 0.246 e. The van der Waals surface area contributed by atoms with Gasteiger partial charge in [0.1, 0.15) is 17.4 Å². The highest BCUT2D eigenvalue weighted by atomic mass is 16.2. The van der Waals surface area contributed by atoms with Gasteiger partial charge in [0.25, 0.3) is 0 Å². The first-order valence-corrected chi connectivity index (χ1v) is 7.33. The summed E-state index contributed by atoms with van der Waals surface area (Å²) in [4.78, 5) is 30.9. The van der Waals surface area contributed by atoms with Crippen molar-refractivity contribution in [2.75, 3.05) is 6.54 Å². The van der Waals surface area contributed by atoms with E-state index in [1.54, 1.807) is 24.9 Å². The number of piperazine rings is 1. The molecule has 0 aliphatic carbocycles. The second-order valence-corrected chi connectivity index (χ2v) is 6.45. The third-order valence-electron chi connectivity index (χ3n) is 4.20. The quantitative estimate of drug-likeness (QED) is 0.889. The first-order valence-electron chi connectivity index (χ1n) is 7.33. The molecule has 116 valence electrons. The zero-order valence-electron chi connectivity index (χ0n) is 13.4. The molecular weight excluding hydrogens is 268 g/mol. The predicted molar refractivity (Wildman–Crippen MR) is 79.5 cm³/mol. The molecule has 21 heavy (non-hydrogen) atoms. The van der Waals surface area contributed by atoms with E-state index < -0.39 is 11.6 Å². The molecule has 1 fully saturated rings. The van der Waals surface area contributed by atoms with Crippen molar-refractivity contribution in [3.05, 3.63) is 18.2 Å². The van der Waals surface area contributed by atoms with Crippen molar-refractivity contribution in [1.82, 2.24) is 19.8 Å². The Morgan fingerprint density at radius 1 is 1.38 bits per heavy atom. The van der Waals surface area contributed by atoms with Crippen molar-refractivity contribution in [3.63, 3.8) is 0 Å². The summed E-state index contributed by atoms with van der Waals surface area (Å²) in [5.41, 5.74) is -0.826. The van der Waals surface area contributed by atoms with Crippen LogP contribution < -0.4 is 5.32 Å². The van der Waals surface area contributed by atoms with Crippen molar-refractivity contribution < 1.29 is 9.59 Å². The maximum Gasteiger partial charge on any atom is 0.246 e. The number of carbonyl (C=O) groups is 2. The number of rotatable bonds is 4. The number of aromatic nitrogens is 2. The Bertz CT molecular complexity index is 548. The van der Waals surface area contributed by atoms with Crippen LogP contribution in [0, 0.1) is 5.92 Å². The largest absolute Gasteiger partial charge is 0.342 e. The molecule has 0 bridgehead atoms. The highest BCUT2D eigenvalue weighted by Gasteiger charge is 2.46. The van der Waals surface area contributed by atoms with Gasteiger partial charge in [-0.2, -0.15) is 0 Å². The van der Waals surface area contributed by atoms with E-state index in [1.165, 1.54) is 0 Å². The first kappa shape index (κ1) is 15.5. The second-order valence-electron chi connectivity index (χ2n) is 6.45. The maximum atomic E-state index is 12.7. The molecular formula is C15H24N4O2. The van der Waals surface area contributed by atoms with Crippen molar-refractivity contribution in [2.24, 2.45) is 13.0 Å². The van der Waals surface area contributed by atoms with Crippen molar-refractivity contribution in [1.29, 1.82) is 0 Å². The molecule has 2 heterocycles. The van der Waals surface area contributed by atoms with Crippen LogP contribution in [-0.2, 0) is 23.1 Å². The fourth-order valence-electron chi connectivity index (χ4n) is 2.64. The van der Waals surface area contributed by atoms with Crippen LogP contribution in [0.5, 0.6) is 0 Å². The van der Waals surface area contributed by atoms with Gasteiger partial charge in [0.05, 0.1) is 0 Å². The molecule has 2 amide bonds. The van der Waals surface area contributed by atoms with Gasteiger partial charge < -0.3 is 14.8 Å². The van der Waals surface area contributed by atoms with Gasteiger partial charge >= 0.3 is 0 Å². The molecule has 0 saturated carbocycles. The van der Waals surface area contributed by atoms with E-state index in [0.29, 0.717) is 13.0 Å². The fourth-order valence-corrected chi connectivity index (χ4v) is 2.64. The Morgan fingerprint density at radius 3 is 2.57 bits per heavy atom. The average Bonchev–Trinajstić information content (AvgIpc) is 2.79. The number of hydrogen-bond acceptors (Lipinski definition) is 3. The van der Waals surface area contributed by atoms with Gasteiger partial charge in [-0.15, -0.1) is 0 Å². The van der Waals surface area contributed by atoms with E-state index in [0.717, 1.165) is 5.82 Å². The standard InChI is InChI=1S/C15H24N4O2/c1-10(2)12-13(20)19(15(3,4)14(21)17-12)8-6-11-16-7-9-18(11)5/h7,9-10,12H,6,8H2,1-5H3,(H,17,21). The van der Waals surface area contributed by atoms with Gasteiger partial charge in [-0.3, -0.25) is 9.59 Å². The number of nitrogens with one attached hydrogen (secondary N) is 1. The molecule has 1 unspecified atom stereocenters. The lowest BCUT2D eigenvalue weighted by Gasteiger charge is -2.45. The Labute approximate surface area is 125 Å². The molecule has 1 saturated heterocycles. The Kier molecular flexibility index (Phi) is 4.07. The van der Waals surface area contributed by atoms with Crippen LogP contribution in [0.15, 0.2) is 12.4 Å². The van der Waals surface area contributed by atoms with Crippen LogP contribution in [0.2, 0.25) is 0 Å². The fraction of sp³-hybridized carbons (Fsp3) is 0.667. The van der Waals surface area contributed by atoms with E-state index in [9.17, 15) is 9.59 Å². The lowest BCUT2D eigenvalue weighted by atomic mass is 9.91. The molecule has 0 spiro atoms. The third-order valence-corrected chi connectivity index (χ3v) is 4.20. The minimum Gasteiger partial charge on any atom is -0.342 e. The summed E-state index contributed by atoms with van der Waals surface area (Å²) in [5, 5.41) is 2.84. The summed E-state index contributed by atoms with van der Waals surface area (Å²) in [7, 11) is 1.93. The van der Waals surface area contributed by atoms with Crippen molar-refractivity contribution >= 4 is 11.8 Å². The van der Waals surface area contributed by atoms with Crippen LogP contribution >= 0.6 is 0 Å². The molecule has 6 nitrogen and oxygen atoms in total. The number of imidazole rings is 1. The number of carbonyl (C=O) groups excluding carboxylic acids is 2. The lowest BCUT2D eigenvalue weighted by molar-refractivity contribution is -0.156. The van der Waals surface area contributed by atoms with Crippen LogP contribution in [0.25, 0.3) is 0 Å². The van der Waals surface area contributed by atoms with E-state index in [2.05, 4.69) is 10.3 Å². The zero-order chi connectivity index (χ0) is 15.8. The molecule has 1 aromatic rings. The zero-order valence-corrected chi connectivity index (χ0v) is 13.4. The van der Waals surface area contributed by atoms with Gasteiger partial charge in [0.15, 0.2) is 0 Å². The van der Waals surface area contributed by atoms with Crippen molar-refractivity contribution in [3.8, 4) is 0 Å². The molecule has 0 radical (unpaired) electrons. The Balaban J connectivity index is 2.18. The van der Waals surface area contributed by atoms with E-state index >= 15 is 0 Å². The normalized spacial score (nSPS) is 21.8. The van der Waals surface area contributed by atoms with Gasteiger partial charge in [-0.05, 0) is 19.8 Å².